The fourth-order valence-electron chi connectivity index (χ4n) is 2.15. The molecule has 1 aromatic rings. The van der Waals surface area contributed by atoms with Crippen molar-refractivity contribution < 1.29 is 13.2 Å². The van der Waals surface area contributed by atoms with Gasteiger partial charge in [-0.1, -0.05) is 25.5 Å². The van der Waals surface area contributed by atoms with Gasteiger partial charge in [-0.05, 0) is 30.5 Å². The molecule has 0 amide bonds. The molecular formula is C14H24N2O3S. The number of nitrogens with two attached hydrogens (primary N) is 1. The fraction of sp³-hybridized carbons (Fsp3) is 0.571. The second kappa shape index (κ2) is 7.73. The maximum absolute atomic E-state index is 12.4. The molecule has 0 fully saturated rings. The van der Waals surface area contributed by atoms with Gasteiger partial charge in [0.2, 0.25) is 10.0 Å². The van der Waals surface area contributed by atoms with E-state index in [0.717, 1.165) is 18.4 Å². The van der Waals surface area contributed by atoms with Crippen LogP contribution in [0.15, 0.2) is 23.1 Å². The van der Waals surface area contributed by atoms with Crippen LogP contribution in [0.1, 0.15) is 30.9 Å². The molecule has 1 unspecified atom stereocenters. The zero-order valence-corrected chi connectivity index (χ0v) is 13.2. The van der Waals surface area contributed by atoms with Crippen LogP contribution in [0.5, 0.6) is 0 Å². The van der Waals surface area contributed by atoms with Gasteiger partial charge in [0.05, 0.1) is 11.5 Å². The van der Waals surface area contributed by atoms with E-state index in [2.05, 4.69) is 4.72 Å². The fourth-order valence-corrected chi connectivity index (χ4v) is 3.63. The van der Waals surface area contributed by atoms with Gasteiger partial charge in [-0.15, -0.1) is 0 Å². The van der Waals surface area contributed by atoms with Gasteiger partial charge in [0.25, 0.3) is 0 Å². The van der Waals surface area contributed by atoms with E-state index >= 15 is 0 Å². The molecular weight excluding hydrogens is 276 g/mol. The minimum atomic E-state index is -3.53. The van der Waals surface area contributed by atoms with Crippen molar-refractivity contribution >= 4 is 10.0 Å². The molecule has 0 aromatic heterocycles. The van der Waals surface area contributed by atoms with Crippen LogP contribution < -0.4 is 10.5 Å². The predicted octanol–water partition coefficient (Wildman–Crippen LogP) is 1.55. The first-order valence-electron chi connectivity index (χ1n) is 6.75. The van der Waals surface area contributed by atoms with E-state index in [-0.39, 0.29) is 6.04 Å². The van der Waals surface area contributed by atoms with Crippen molar-refractivity contribution in [2.24, 2.45) is 5.73 Å². The Balaban J connectivity index is 2.97. The Bertz CT molecular complexity index is 523. The Morgan fingerprint density at radius 2 is 2.10 bits per heavy atom. The maximum Gasteiger partial charge on any atom is 0.241 e. The minimum absolute atomic E-state index is 0.205. The lowest BCUT2D eigenvalue weighted by atomic mass is 10.1. The highest BCUT2D eigenvalue weighted by Gasteiger charge is 2.21. The summed E-state index contributed by atoms with van der Waals surface area (Å²) in [5.41, 5.74) is 7.18. The highest BCUT2D eigenvalue weighted by atomic mass is 32.2. The zero-order chi connectivity index (χ0) is 15.2. The smallest absolute Gasteiger partial charge is 0.241 e. The average Bonchev–Trinajstić information content (AvgIpc) is 2.38. The normalized spacial score (nSPS) is 13.4. The van der Waals surface area contributed by atoms with E-state index in [0.29, 0.717) is 23.6 Å². The molecule has 0 saturated heterocycles. The van der Waals surface area contributed by atoms with Crippen LogP contribution in [0.25, 0.3) is 0 Å². The van der Waals surface area contributed by atoms with Gasteiger partial charge in [0.1, 0.15) is 0 Å². The van der Waals surface area contributed by atoms with Crippen LogP contribution in [0.4, 0.5) is 0 Å². The Kier molecular flexibility index (Phi) is 6.61. The van der Waals surface area contributed by atoms with E-state index < -0.39 is 10.0 Å². The Hall–Kier alpha value is -0.950. The van der Waals surface area contributed by atoms with Crippen molar-refractivity contribution in [1.29, 1.82) is 0 Å². The molecule has 3 N–H and O–H groups in total. The molecule has 0 aliphatic heterocycles. The van der Waals surface area contributed by atoms with Crippen molar-refractivity contribution in [2.45, 2.75) is 44.2 Å². The number of hydrogen-bond donors (Lipinski definition) is 2. The minimum Gasteiger partial charge on any atom is -0.383 e. The monoisotopic (exact) mass is 300 g/mol. The topological polar surface area (TPSA) is 81.4 Å². The molecule has 0 heterocycles. The van der Waals surface area contributed by atoms with Gasteiger partial charge in [0.15, 0.2) is 0 Å². The predicted molar refractivity (Wildman–Crippen MR) is 80.0 cm³/mol. The quantitative estimate of drug-likeness (QED) is 0.763. The van der Waals surface area contributed by atoms with Gasteiger partial charge in [-0.3, -0.25) is 0 Å². The molecule has 114 valence electrons. The molecule has 1 rings (SSSR count). The first kappa shape index (κ1) is 17.1. The van der Waals surface area contributed by atoms with Crippen LogP contribution in [-0.4, -0.2) is 28.2 Å². The third kappa shape index (κ3) is 4.56. The number of hydrogen-bond acceptors (Lipinski definition) is 4. The summed E-state index contributed by atoms with van der Waals surface area (Å²) < 4.78 is 32.6. The molecule has 0 saturated carbocycles. The lowest BCUT2D eigenvalue weighted by Gasteiger charge is -2.18. The molecule has 5 nitrogen and oxygen atoms in total. The molecule has 1 aromatic carbocycles. The molecule has 1 atom stereocenters. The van der Waals surface area contributed by atoms with Crippen LogP contribution in [0.3, 0.4) is 0 Å². The number of sulfonamides is 1. The lowest BCUT2D eigenvalue weighted by molar-refractivity contribution is 0.171. The van der Waals surface area contributed by atoms with Crippen LogP contribution >= 0.6 is 0 Å². The third-order valence-corrected chi connectivity index (χ3v) is 4.77. The highest BCUT2D eigenvalue weighted by Crippen LogP contribution is 2.17. The van der Waals surface area contributed by atoms with Crippen molar-refractivity contribution in [3.8, 4) is 0 Å². The number of rotatable bonds is 8. The molecule has 20 heavy (non-hydrogen) atoms. The van der Waals surface area contributed by atoms with Gasteiger partial charge >= 0.3 is 0 Å². The SMILES string of the molecule is CCCC(COC)NS(=O)(=O)c1ccc(CN)cc1C. The van der Waals surface area contributed by atoms with E-state index in [1.54, 1.807) is 32.2 Å². The highest BCUT2D eigenvalue weighted by molar-refractivity contribution is 7.89. The van der Waals surface area contributed by atoms with Crippen LogP contribution in [-0.2, 0) is 21.3 Å². The molecule has 6 heteroatoms. The second-order valence-corrected chi connectivity index (χ2v) is 6.55. The lowest BCUT2D eigenvalue weighted by Crippen LogP contribution is -2.38. The number of benzene rings is 1. The first-order chi connectivity index (χ1) is 9.44. The Morgan fingerprint density at radius 1 is 1.40 bits per heavy atom. The van der Waals surface area contributed by atoms with Gasteiger partial charge in [-0.25, -0.2) is 13.1 Å². The molecule has 0 aliphatic rings. The first-order valence-corrected chi connectivity index (χ1v) is 8.23. The maximum atomic E-state index is 12.4. The Morgan fingerprint density at radius 3 is 2.60 bits per heavy atom. The summed E-state index contributed by atoms with van der Waals surface area (Å²) in [5, 5.41) is 0. The van der Waals surface area contributed by atoms with Gasteiger partial charge < -0.3 is 10.5 Å². The number of methoxy groups -OCH3 is 1. The summed E-state index contributed by atoms with van der Waals surface area (Å²) in [6.07, 6.45) is 1.63. The summed E-state index contributed by atoms with van der Waals surface area (Å²) in [6, 6.07) is 4.95. The van der Waals surface area contributed by atoms with Gasteiger partial charge in [-0.2, -0.15) is 0 Å². The zero-order valence-electron chi connectivity index (χ0n) is 12.3. The molecule has 0 spiro atoms. The van der Waals surface area contributed by atoms with Crippen LogP contribution in [0.2, 0.25) is 0 Å². The number of nitrogens with one attached hydrogen (secondary N) is 1. The van der Waals surface area contributed by atoms with Crippen molar-refractivity contribution in [3.05, 3.63) is 29.3 Å². The van der Waals surface area contributed by atoms with E-state index in [1.165, 1.54) is 0 Å². The summed E-state index contributed by atoms with van der Waals surface area (Å²) in [4.78, 5) is 0.298. The van der Waals surface area contributed by atoms with Crippen molar-refractivity contribution in [2.75, 3.05) is 13.7 Å². The Labute approximate surface area is 121 Å². The average molecular weight is 300 g/mol. The van der Waals surface area contributed by atoms with E-state index in [4.69, 9.17) is 10.5 Å². The number of aryl methyl sites for hydroxylation is 1. The van der Waals surface area contributed by atoms with E-state index in [9.17, 15) is 8.42 Å². The van der Waals surface area contributed by atoms with Crippen LogP contribution in [0, 0.1) is 6.92 Å². The molecule has 0 bridgehead atoms. The van der Waals surface area contributed by atoms with E-state index in [1.807, 2.05) is 6.92 Å². The third-order valence-electron chi connectivity index (χ3n) is 3.09. The molecule has 0 aliphatic carbocycles. The second-order valence-electron chi connectivity index (χ2n) is 4.87. The summed E-state index contributed by atoms with van der Waals surface area (Å²) >= 11 is 0. The standard InChI is InChI=1S/C14H24N2O3S/c1-4-5-13(10-19-3)16-20(17,18)14-7-6-12(9-15)8-11(14)2/h6-8,13,16H,4-5,9-10,15H2,1-3H3. The van der Waals surface area contributed by atoms with Crippen molar-refractivity contribution in [3.63, 3.8) is 0 Å². The summed E-state index contributed by atoms with van der Waals surface area (Å²) in [6.45, 7) is 4.56. The summed E-state index contributed by atoms with van der Waals surface area (Å²) in [7, 11) is -1.96. The number of ether oxygens (including phenoxy) is 1. The van der Waals surface area contributed by atoms with Gasteiger partial charge in [0, 0.05) is 19.7 Å². The largest absolute Gasteiger partial charge is 0.383 e. The molecule has 0 radical (unpaired) electrons. The van der Waals surface area contributed by atoms with Crippen molar-refractivity contribution in [1.82, 2.24) is 4.72 Å². The summed E-state index contributed by atoms with van der Waals surface area (Å²) in [5.74, 6) is 0.